The summed E-state index contributed by atoms with van der Waals surface area (Å²) in [6, 6.07) is 14.3. The van der Waals surface area contributed by atoms with Gasteiger partial charge in [0.2, 0.25) is 0 Å². The third-order valence-electron chi connectivity index (χ3n) is 3.39. The molecule has 19 heavy (non-hydrogen) atoms. The zero-order valence-electron chi connectivity index (χ0n) is 11.7. The number of nitrogens with zero attached hydrogens (tertiary/aromatic N) is 1. The standard InChI is InChI=1S/C17H19NO/c1-13-8-9-17(16(10-13)12-19)18(3)11-15-7-5-4-6-14(15)2/h4-10,12H,11H2,1-3H3. The first-order chi connectivity index (χ1) is 9.11. The van der Waals surface area contributed by atoms with E-state index >= 15 is 0 Å². The minimum atomic E-state index is 0.746. The fourth-order valence-electron chi connectivity index (χ4n) is 2.24. The molecule has 2 nitrogen and oxygen atoms in total. The van der Waals surface area contributed by atoms with Crippen molar-refractivity contribution in [2.24, 2.45) is 0 Å². The molecule has 0 amide bonds. The van der Waals surface area contributed by atoms with Crippen LogP contribution in [0.1, 0.15) is 27.0 Å². The molecule has 2 heteroatoms. The second-order valence-corrected chi connectivity index (χ2v) is 4.96. The van der Waals surface area contributed by atoms with Gasteiger partial charge in [0.1, 0.15) is 0 Å². The van der Waals surface area contributed by atoms with Crippen LogP contribution in [0.2, 0.25) is 0 Å². The maximum Gasteiger partial charge on any atom is 0.152 e. The largest absolute Gasteiger partial charge is 0.370 e. The van der Waals surface area contributed by atoms with Crippen molar-refractivity contribution in [3.8, 4) is 0 Å². The highest BCUT2D eigenvalue weighted by atomic mass is 16.1. The predicted octanol–water partition coefficient (Wildman–Crippen LogP) is 3.75. The number of carbonyl (C=O) groups is 1. The molecule has 0 unspecified atom stereocenters. The van der Waals surface area contributed by atoms with Crippen molar-refractivity contribution in [3.05, 3.63) is 64.7 Å². The lowest BCUT2D eigenvalue weighted by atomic mass is 10.1. The maximum absolute atomic E-state index is 11.2. The van der Waals surface area contributed by atoms with Crippen LogP contribution in [-0.4, -0.2) is 13.3 Å². The predicted molar refractivity (Wildman–Crippen MR) is 79.9 cm³/mol. The molecule has 0 saturated carbocycles. The van der Waals surface area contributed by atoms with Crippen LogP contribution in [-0.2, 0) is 6.54 Å². The minimum absolute atomic E-state index is 0.746. The molecule has 0 saturated heterocycles. The zero-order chi connectivity index (χ0) is 13.8. The second-order valence-electron chi connectivity index (χ2n) is 4.96. The number of aryl methyl sites for hydroxylation is 2. The molecule has 0 spiro atoms. The Labute approximate surface area is 114 Å². The van der Waals surface area contributed by atoms with Crippen LogP contribution in [0.5, 0.6) is 0 Å². The van der Waals surface area contributed by atoms with Crippen LogP contribution in [0.4, 0.5) is 5.69 Å². The average Bonchev–Trinajstić information content (AvgIpc) is 2.41. The van der Waals surface area contributed by atoms with E-state index in [1.165, 1.54) is 11.1 Å². The van der Waals surface area contributed by atoms with Crippen LogP contribution >= 0.6 is 0 Å². The van der Waals surface area contributed by atoms with Crippen LogP contribution in [0.25, 0.3) is 0 Å². The lowest BCUT2D eigenvalue weighted by Crippen LogP contribution is -2.18. The van der Waals surface area contributed by atoms with E-state index in [1.807, 2.05) is 44.3 Å². The summed E-state index contributed by atoms with van der Waals surface area (Å²) < 4.78 is 0. The van der Waals surface area contributed by atoms with Gasteiger partial charge >= 0.3 is 0 Å². The van der Waals surface area contributed by atoms with Crippen LogP contribution in [0.3, 0.4) is 0 Å². The maximum atomic E-state index is 11.2. The first-order valence-corrected chi connectivity index (χ1v) is 6.43. The van der Waals surface area contributed by atoms with Gasteiger partial charge in [-0.05, 0) is 37.1 Å². The summed E-state index contributed by atoms with van der Waals surface area (Å²) in [6.07, 6.45) is 0.927. The van der Waals surface area contributed by atoms with Crippen molar-refractivity contribution in [1.82, 2.24) is 0 Å². The topological polar surface area (TPSA) is 20.3 Å². The van der Waals surface area contributed by atoms with E-state index in [-0.39, 0.29) is 0 Å². The Kier molecular flexibility index (Phi) is 4.00. The Bertz CT molecular complexity index is 590. The van der Waals surface area contributed by atoms with Gasteiger partial charge in [-0.3, -0.25) is 4.79 Å². The fourth-order valence-corrected chi connectivity index (χ4v) is 2.24. The van der Waals surface area contributed by atoms with E-state index < -0.39 is 0 Å². The van der Waals surface area contributed by atoms with Gasteiger partial charge in [0.15, 0.2) is 6.29 Å². The van der Waals surface area contributed by atoms with Gasteiger partial charge in [-0.15, -0.1) is 0 Å². The number of benzene rings is 2. The van der Waals surface area contributed by atoms with E-state index in [2.05, 4.69) is 24.0 Å². The molecule has 0 aliphatic rings. The quantitative estimate of drug-likeness (QED) is 0.773. The molecule has 0 N–H and O–H groups in total. The van der Waals surface area contributed by atoms with Crippen molar-refractivity contribution in [1.29, 1.82) is 0 Å². The first-order valence-electron chi connectivity index (χ1n) is 6.43. The van der Waals surface area contributed by atoms with E-state index in [0.717, 1.165) is 29.6 Å². The lowest BCUT2D eigenvalue weighted by Gasteiger charge is -2.22. The molecule has 2 aromatic carbocycles. The van der Waals surface area contributed by atoms with E-state index in [4.69, 9.17) is 0 Å². The van der Waals surface area contributed by atoms with Crippen LogP contribution < -0.4 is 4.90 Å². The highest BCUT2D eigenvalue weighted by Crippen LogP contribution is 2.22. The number of carbonyl (C=O) groups excluding carboxylic acids is 1. The minimum Gasteiger partial charge on any atom is -0.370 e. The number of anilines is 1. The number of hydrogen-bond donors (Lipinski definition) is 0. The number of rotatable bonds is 4. The van der Waals surface area contributed by atoms with Crippen molar-refractivity contribution >= 4 is 12.0 Å². The molecular formula is C17H19NO. The zero-order valence-corrected chi connectivity index (χ0v) is 11.7. The SMILES string of the molecule is Cc1ccc(N(C)Cc2ccccc2C)c(C=O)c1. The van der Waals surface area contributed by atoms with Crippen LogP contribution in [0, 0.1) is 13.8 Å². The molecule has 0 atom stereocenters. The van der Waals surface area contributed by atoms with E-state index in [9.17, 15) is 4.79 Å². The summed E-state index contributed by atoms with van der Waals surface area (Å²) in [4.78, 5) is 13.3. The summed E-state index contributed by atoms with van der Waals surface area (Å²) in [6.45, 7) is 4.91. The summed E-state index contributed by atoms with van der Waals surface area (Å²) in [5, 5.41) is 0. The third kappa shape index (κ3) is 3.02. The van der Waals surface area contributed by atoms with Gasteiger partial charge in [-0.25, -0.2) is 0 Å². The smallest absolute Gasteiger partial charge is 0.152 e. The van der Waals surface area contributed by atoms with E-state index in [0.29, 0.717) is 0 Å². The molecule has 0 aliphatic heterocycles. The molecule has 98 valence electrons. The average molecular weight is 253 g/mol. The monoisotopic (exact) mass is 253 g/mol. The van der Waals surface area contributed by atoms with Gasteiger partial charge in [0.05, 0.1) is 0 Å². The highest BCUT2D eigenvalue weighted by Gasteiger charge is 2.08. The number of hydrogen-bond acceptors (Lipinski definition) is 2. The molecule has 0 fully saturated rings. The Morgan fingerprint density at radius 2 is 1.84 bits per heavy atom. The van der Waals surface area contributed by atoms with Crippen molar-refractivity contribution in [3.63, 3.8) is 0 Å². The molecule has 2 rings (SSSR count). The third-order valence-corrected chi connectivity index (χ3v) is 3.39. The van der Waals surface area contributed by atoms with E-state index in [1.54, 1.807) is 0 Å². The molecule has 0 aliphatic carbocycles. The van der Waals surface area contributed by atoms with Crippen LogP contribution in [0.15, 0.2) is 42.5 Å². The molecule has 0 aromatic heterocycles. The van der Waals surface area contributed by atoms with Crippen molar-refractivity contribution < 1.29 is 4.79 Å². The fraction of sp³-hybridized carbons (Fsp3) is 0.235. The molecule has 0 heterocycles. The number of aldehydes is 1. The Balaban J connectivity index is 2.28. The lowest BCUT2D eigenvalue weighted by molar-refractivity contribution is 0.112. The van der Waals surface area contributed by atoms with Crippen molar-refractivity contribution in [2.45, 2.75) is 20.4 Å². The molecule has 0 radical (unpaired) electrons. The van der Waals surface area contributed by atoms with Crippen molar-refractivity contribution in [2.75, 3.05) is 11.9 Å². The molecule has 0 bridgehead atoms. The Morgan fingerprint density at radius 1 is 1.11 bits per heavy atom. The Morgan fingerprint density at radius 3 is 2.53 bits per heavy atom. The van der Waals surface area contributed by atoms with Gasteiger partial charge < -0.3 is 4.90 Å². The second kappa shape index (κ2) is 5.70. The Hall–Kier alpha value is -2.09. The van der Waals surface area contributed by atoms with Gasteiger partial charge in [0.25, 0.3) is 0 Å². The van der Waals surface area contributed by atoms with Gasteiger partial charge in [-0.2, -0.15) is 0 Å². The summed E-state index contributed by atoms with van der Waals surface area (Å²) in [7, 11) is 2.02. The first kappa shape index (κ1) is 13.3. The summed E-state index contributed by atoms with van der Waals surface area (Å²) in [5.41, 5.74) is 5.38. The van der Waals surface area contributed by atoms with Gasteiger partial charge in [-0.1, -0.05) is 35.9 Å². The molecular weight excluding hydrogens is 234 g/mol. The van der Waals surface area contributed by atoms with Gasteiger partial charge in [0, 0.05) is 24.8 Å². The molecule has 2 aromatic rings. The highest BCUT2D eigenvalue weighted by molar-refractivity contribution is 5.84. The summed E-state index contributed by atoms with van der Waals surface area (Å²) in [5.74, 6) is 0. The summed E-state index contributed by atoms with van der Waals surface area (Å²) >= 11 is 0. The normalized spacial score (nSPS) is 10.3.